The number of rotatable bonds is 3. The summed E-state index contributed by atoms with van der Waals surface area (Å²) in [5.41, 5.74) is 2.48. The van der Waals surface area contributed by atoms with Crippen LogP contribution in [-0.4, -0.2) is 26.5 Å². The number of hydrogen-bond acceptors (Lipinski definition) is 4. The minimum Gasteiger partial charge on any atom is -0.478 e. The first-order valence-electron chi connectivity index (χ1n) is 5.77. The summed E-state index contributed by atoms with van der Waals surface area (Å²) in [5, 5.41) is 0. The molecule has 0 aromatic carbocycles. The van der Waals surface area contributed by atoms with Crippen molar-refractivity contribution in [2.24, 2.45) is 0 Å². The Balaban J connectivity index is 2.06. The summed E-state index contributed by atoms with van der Waals surface area (Å²) in [4.78, 5) is 16.1. The topological polar surface area (TPSA) is 63.7 Å². The summed E-state index contributed by atoms with van der Waals surface area (Å²) < 4.78 is 5.35. The average molecular weight is 240 g/mol. The van der Waals surface area contributed by atoms with Gasteiger partial charge in [-0.15, -0.1) is 0 Å². The first-order valence-corrected chi connectivity index (χ1v) is 5.77. The van der Waals surface area contributed by atoms with Crippen LogP contribution in [0.25, 0.3) is 22.6 Å². The summed E-state index contributed by atoms with van der Waals surface area (Å²) >= 11 is 0. The van der Waals surface area contributed by atoms with Crippen molar-refractivity contribution < 1.29 is 4.74 Å². The van der Waals surface area contributed by atoms with Crippen LogP contribution in [0.4, 0.5) is 0 Å². The molecule has 0 aliphatic carbocycles. The van der Waals surface area contributed by atoms with Crippen LogP contribution in [0.2, 0.25) is 0 Å². The standard InChI is InChI=1S/C13H12N4O/c1-2-18-11-6-5-10-13(16-11)17-12(15-10)9-4-3-7-14-8-9/h3-8H,2H2,1H3,(H,15,16,17). The third kappa shape index (κ3) is 1.90. The highest BCUT2D eigenvalue weighted by atomic mass is 16.5. The number of aromatic amines is 1. The van der Waals surface area contributed by atoms with Crippen LogP contribution < -0.4 is 4.74 Å². The third-order valence-corrected chi connectivity index (χ3v) is 2.55. The van der Waals surface area contributed by atoms with E-state index in [9.17, 15) is 0 Å². The first kappa shape index (κ1) is 10.7. The number of H-pyrrole nitrogens is 1. The van der Waals surface area contributed by atoms with Crippen molar-refractivity contribution in [2.45, 2.75) is 6.92 Å². The number of pyridine rings is 2. The molecule has 0 unspecified atom stereocenters. The molecule has 5 heteroatoms. The summed E-state index contributed by atoms with van der Waals surface area (Å²) in [6.07, 6.45) is 3.50. The minimum absolute atomic E-state index is 0.592. The van der Waals surface area contributed by atoms with E-state index in [0.717, 1.165) is 16.9 Å². The zero-order valence-electron chi connectivity index (χ0n) is 9.92. The molecule has 0 fully saturated rings. The fourth-order valence-electron chi connectivity index (χ4n) is 1.74. The van der Waals surface area contributed by atoms with Crippen molar-refractivity contribution in [1.82, 2.24) is 19.9 Å². The van der Waals surface area contributed by atoms with E-state index in [0.29, 0.717) is 18.1 Å². The van der Waals surface area contributed by atoms with Crippen LogP contribution in [0.15, 0.2) is 36.7 Å². The molecule has 90 valence electrons. The van der Waals surface area contributed by atoms with Gasteiger partial charge >= 0.3 is 0 Å². The number of nitrogens with zero attached hydrogens (tertiary/aromatic N) is 3. The molecule has 0 saturated heterocycles. The minimum atomic E-state index is 0.592. The Bertz CT molecular complexity index is 663. The Morgan fingerprint density at radius 3 is 2.94 bits per heavy atom. The lowest BCUT2D eigenvalue weighted by Crippen LogP contribution is -1.93. The Labute approximate surface area is 104 Å². The van der Waals surface area contributed by atoms with Gasteiger partial charge in [0.1, 0.15) is 5.82 Å². The van der Waals surface area contributed by atoms with Gasteiger partial charge in [0.05, 0.1) is 12.1 Å². The Morgan fingerprint density at radius 1 is 1.22 bits per heavy atom. The van der Waals surface area contributed by atoms with Crippen molar-refractivity contribution >= 4 is 11.2 Å². The van der Waals surface area contributed by atoms with Gasteiger partial charge in [-0.3, -0.25) is 4.98 Å². The molecule has 0 saturated carbocycles. The molecule has 0 aliphatic rings. The number of fused-ring (bicyclic) bond motifs is 1. The molecule has 18 heavy (non-hydrogen) atoms. The average Bonchev–Trinajstić information content (AvgIpc) is 2.83. The molecule has 0 amide bonds. The lowest BCUT2D eigenvalue weighted by Gasteiger charge is -1.99. The fourth-order valence-corrected chi connectivity index (χ4v) is 1.74. The quantitative estimate of drug-likeness (QED) is 0.763. The Morgan fingerprint density at radius 2 is 2.17 bits per heavy atom. The van der Waals surface area contributed by atoms with Gasteiger partial charge in [-0.1, -0.05) is 0 Å². The van der Waals surface area contributed by atoms with Gasteiger partial charge in [-0.05, 0) is 25.1 Å². The van der Waals surface area contributed by atoms with Gasteiger partial charge in [0.2, 0.25) is 5.88 Å². The molecular weight excluding hydrogens is 228 g/mol. The second-order valence-electron chi connectivity index (χ2n) is 3.78. The maximum atomic E-state index is 5.35. The normalized spacial score (nSPS) is 10.7. The number of nitrogens with one attached hydrogen (secondary N) is 1. The monoisotopic (exact) mass is 240 g/mol. The molecule has 0 aliphatic heterocycles. The SMILES string of the molecule is CCOc1ccc2[nH]c(-c3cccnc3)nc2n1. The van der Waals surface area contributed by atoms with Gasteiger partial charge < -0.3 is 9.72 Å². The van der Waals surface area contributed by atoms with Crippen LogP contribution in [0.5, 0.6) is 5.88 Å². The molecule has 3 aromatic heterocycles. The Hall–Kier alpha value is -2.43. The number of imidazole rings is 1. The molecule has 3 aromatic rings. The molecule has 0 radical (unpaired) electrons. The van der Waals surface area contributed by atoms with Crippen LogP contribution in [-0.2, 0) is 0 Å². The summed E-state index contributed by atoms with van der Waals surface area (Å²) in [6.45, 7) is 2.52. The highest BCUT2D eigenvalue weighted by Crippen LogP contribution is 2.20. The van der Waals surface area contributed by atoms with E-state index in [1.54, 1.807) is 12.4 Å². The highest BCUT2D eigenvalue weighted by molar-refractivity contribution is 5.76. The zero-order valence-corrected chi connectivity index (χ0v) is 9.92. The van der Waals surface area contributed by atoms with E-state index < -0.39 is 0 Å². The van der Waals surface area contributed by atoms with E-state index in [4.69, 9.17) is 4.74 Å². The van der Waals surface area contributed by atoms with Crippen molar-refractivity contribution in [2.75, 3.05) is 6.61 Å². The zero-order chi connectivity index (χ0) is 12.4. The van der Waals surface area contributed by atoms with Crippen molar-refractivity contribution in [1.29, 1.82) is 0 Å². The summed E-state index contributed by atoms with van der Waals surface area (Å²) in [6, 6.07) is 7.58. The van der Waals surface area contributed by atoms with Crippen molar-refractivity contribution in [3.8, 4) is 17.3 Å². The maximum Gasteiger partial charge on any atom is 0.215 e. The lowest BCUT2D eigenvalue weighted by molar-refractivity contribution is 0.328. The van der Waals surface area contributed by atoms with Crippen molar-refractivity contribution in [3.05, 3.63) is 36.7 Å². The highest BCUT2D eigenvalue weighted by Gasteiger charge is 2.07. The number of ether oxygens (including phenoxy) is 1. The number of hydrogen-bond donors (Lipinski definition) is 1. The molecule has 1 N–H and O–H groups in total. The van der Waals surface area contributed by atoms with E-state index >= 15 is 0 Å². The van der Waals surface area contributed by atoms with Crippen LogP contribution in [0, 0.1) is 0 Å². The van der Waals surface area contributed by atoms with Gasteiger partial charge in [0, 0.05) is 24.0 Å². The first-order chi connectivity index (χ1) is 8.86. The molecule has 0 bridgehead atoms. The van der Waals surface area contributed by atoms with Gasteiger partial charge in [0.15, 0.2) is 5.65 Å². The van der Waals surface area contributed by atoms with E-state index in [2.05, 4.69) is 19.9 Å². The van der Waals surface area contributed by atoms with E-state index in [1.165, 1.54) is 0 Å². The number of aromatic nitrogens is 4. The van der Waals surface area contributed by atoms with Crippen LogP contribution in [0.1, 0.15) is 6.92 Å². The van der Waals surface area contributed by atoms with Crippen molar-refractivity contribution in [3.63, 3.8) is 0 Å². The van der Waals surface area contributed by atoms with Gasteiger partial charge in [-0.25, -0.2) is 4.98 Å². The molecule has 0 spiro atoms. The second kappa shape index (κ2) is 4.44. The van der Waals surface area contributed by atoms with E-state index in [-0.39, 0.29) is 0 Å². The van der Waals surface area contributed by atoms with E-state index in [1.807, 2.05) is 31.2 Å². The van der Waals surface area contributed by atoms with Crippen LogP contribution >= 0.6 is 0 Å². The van der Waals surface area contributed by atoms with Gasteiger partial charge in [-0.2, -0.15) is 4.98 Å². The Kier molecular flexibility index (Phi) is 2.64. The maximum absolute atomic E-state index is 5.35. The molecule has 3 heterocycles. The predicted octanol–water partition coefficient (Wildman–Crippen LogP) is 2.42. The second-order valence-corrected chi connectivity index (χ2v) is 3.78. The fraction of sp³-hybridized carbons (Fsp3) is 0.154. The third-order valence-electron chi connectivity index (χ3n) is 2.55. The molecule has 3 rings (SSSR count). The smallest absolute Gasteiger partial charge is 0.215 e. The lowest BCUT2D eigenvalue weighted by atomic mass is 10.3. The van der Waals surface area contributed by atoms with Crippen LogP contribution in [0.3, 0.4) is 0 Å². The summed E-state index contributed by atoms with van der Waals surface area (Å²) in [5.74, 6) is 1.36. The summed E-state index contributed by atoms with van der Waals surface area (Å²) in [7, 11) is 0. The molecule has 5 nitrogen and oxygen atoms in total. The molecular formula is C13H12N4O. The predicted molar refractivity (Wildman–Crippen MR) is 68.3 cm³/mol. The molecule has 0 atom stereocenters. The van der Waals surface area contributed by atoms with Gasteiger partial charge in [0.25, 0.3) is 0 Å². The largest absolute Gasteiger partial charge is 0.478 e.